The van der Waals surface area contributed by atoms with E-state index in [4.69, 9.17) is 0 Å². The number of aliphatic hydroxyl groups excluding tert-OH is 1. The van der Waals surface area contributed by atoms with Gasteiger partial charge in [0.25, 0.3) is 11.5 Å². The number of aryl methyl sites for hydroxylation is 1. The van der Waals surface area contributed by atoms with Crippen LogP contribution in [-0.2, 0) is 28.2 Å². The molecule has 2 aromatic rings. The number of hydrogen-bond acceptors (Lipinski definition) is 8. The van der Waals surface area contributed by atoms with Crippen molar-refractivity contribution in [2.24, 2.45) is 0 Å². The average molecular weight is 571 g/mol. The molecule has 4 heterocycles. The van der Waals surface area contributed by atoms with Crippen molar-refractivity contribution in [2.45, 2.75) is 69.3 Å². The van der Waals surface area contributed by atoms with E-state index in [0.29, 0.717) is 56.3 Å². The van der Waals surface area contributed by atoms with E-state index in [0.717, 1.165) is 4.90 Å². The van der Waals surface area contributed by atoms with Crippen molar-refractivity contribution < 1.29 is 29.0 Å². The Bertz CT molecular complexity index is 1460. The first-order valence-electron chi connectivity index (χ1n) is 13.7. The number of aliphatic hydroxyl groups is 1. The Kier molecular flexibility index (Phi) is 7.36. The molecule has 0 spiro atoms. The molecule has 0 radical (unpaired) electrons. The smallest absolute Gasteiger partial charge is 0.311 e. The number of hydrogen-bond donors (Lipinski definition) is 4. The quantitative estimate of drug-likeness (QED) is 0.369. The number of rotatable bonds is 5. The van der Waals surface area contributed by atoms with Crippen LogP contribution < -0.4 is 16.2 Å². The van der Waals surface area contributed by atoms with Gasteiger partial charge in [-0.25, -0.2) is 9.37 Å². The van der Waals surface area contributed by atoms with Crippen LogP contribution in [0.3, 0.4) is 0 Å². The van der Waals surface area contributed by atoms with Crippen LogP contribution in [0.15, 0.2) is 23.0 Å². The van der Waals surface area contributed by atoms with E-state index in [1.807, 2.05) is 0 Å². The highest BCUT2D eigenvalue weighted by Crippen LogP contribution is 2.48. The molecule has 41 heavy (non-hydrogen) atoms. The predicted octanol–water partition coefficient (Wildman–Crippen LogP) is 0.119. The fourth-order valence-electron chi connectivity index (χ4n) is 6.36. The number of β-amino-alcohol motifs (C(OH)–C–C–N with tert-alkyl or cyclic N) is 1. The second-order valence-corrected chi connectivity index (χ2v) is 11.6. The summed E-state index contributed by atoms with van der Waals surface area (Å²) < 4.78 is 15.0. The number of aromatic hydroxyl groups is 1. The standard InChI is InChI=1S/C28H35FN6O6/c1-16-12-17(4-5-19(16)29)13-30-22(38)20-21(37)24(40)35-15-27(34-11-6-18(36)14-34)7-9-28(10-8-27,26(35)31-20)32-23(39)25(41)33(2)3/h4-5,12,18,36-37H,6-11,13-15H2,1-3H3,(H,30,38)(H,32,39). The van der Waals surface area contributed by atoms with Crippen LogP contribution in [0, 0.1) is 12.7 Å². The molecule has 2 fully saturated rings. The number of fused-ring (bicyclic) bond motifs is 2. The fraction of sp³-hybridized carbons (Fsp3) is 0.536. The van der Waals surface area contributed by atoms with Crippen molar-refractivity contribution >= 4 is 17.7 Å². The van der Waals surface area contributed by atoms with E-state index < -0.39 is 51.9 Å². The minimum absolute atomic E-state index is 0.000889. The number of halogens is 1. The van der Waals surface area contributed by atoms with Gasteiger partial charge in [0.1, 0.15) is 11.6 Å². The molecule has 2 bridgehead atoms. The van der Waals surface area contributed by atoms with E-state index in [2.05, 4.69) is 20.5 Å². The topological polar surface area (TPSA) is 157 Å². The first-order valence-corrected chi connectivity index (χ1v) is 13.7. The molecular weight excluding hydrogens is 535 g/mol. The molecule has 1 aromatic heterocycles. The molecule has 3 amide bonds. The van der Waals surface area contributed by atoms with Gasteiger partial charge in [0.15, 0.2) is 5.69 Å². The van der Waals surface area contributed by atoms with Crippen LogP contribution in [0.1, 0.15) is 59.5 Å². The number of aromatic nitrogens is 2. The predicted molar refractivity (Wildman–Crippen MR) is 144 cm³/mol. The molecule has 1 unspecified atom stereocenters. The molecule has 1 aliphatic carbocycles. The van der Waals surface area contributed by atoms with Gasteiger partial charge in [0.05, 0.1) is 11.6 Å². The van der Waals surface area contributed by atoms with Crippen molar-refractivity contribution in [2.75, 3.05) is 27.2 Å². The first kappa shape index (κ1) is 28.7. The number of nitrogens with zero attached hydrogens (tertiary/aromatic N) is 4. The monoisotopic (exact) mass is 570 g/mol. The lowest BCUT2D eigenvalue weighted by atomic mass is 9.72. The van der Waals surface area contributed by atoms with Gasteiger partial charge in [-0.3, -0.25) is 28.6 Å². The highest BCUT2D eigenvalue weighted by molar-refractivity contribution is 6.35. The summed E-state index contributed by atoms with van der Waals surface area (Å²) in [4.78, 5) is 60.2. The van der Waals surface area contributed by atoms with E-state index in [1.165, 1.54) is 30.8 Å². The third-order valence-corrected chi connectivity index (χ3v) is 8.74. The largest absolute Gasteiger partial charge is 0.501 e. The van der Waals surface area contributed by atoms with Crippen LogP contribution in [-0.4, -0.2) is 86.1 Å². The Balaban J connectivity index is 1.54. The molecule has 220 valence electrons. The molecule has 6 rings (SSSR count). The van der Waals surface area contributed by atoms with Gasteiger partial charge >= 0.3 is 11.8 Å². The van der Waals surface area contributed by atoms with Gasteiger partial charge in [-0.15, -0.1) is 0 Å². The van der Waals surface area contributed by atoms with Gasteiger partial charge < -0.3 is 25.7 Å². The summed E-state index contributed by atoms with van der Waals surface area (Å²) in [5.41, 5.74) is -2.09. The molecule has 1 aromatic carbocycles. The Labute approximate surface area is 236 Å². The molecule has 4 aliphatic rings. The van der Waals surface area contributed by atoms with Crippen molar-refractivity contribution in [3.8, 4) is 5.75 Å². The lowest BCUT2D eigenvalue weighted by Gasteiger charge is -2.47. The zero-order valence-corrected chi connectivity index (χ0v) is 23.4. The molecule has 4 N–H and O–H groups in total. The number of amides is 3. The van der Waals surface area contributed by atoms with E-state index in [1.54, 1.807) is 13.0 Å². The second kappa shape index (κ2) is 10.5. The SMILES string of the molecule is Cc1cc(CNC(=O)c2nc3n(c(=O)c2O)CC2(N4CCC(O)C4)CCC3(NC(=O)C(=O)N(C)C)CC2)ccc1F. The van der Waals surface area contributed by atoms with Crippen LogP contribution in [0.25, 0.3) is 0 Å². The highest BCUT2D eigenvalue weighted by atomic mass is 19.1. The van der Waals surface area contributed by atoms with Crippen LogP contribution >= 0.6 is 0 Å². The van der Waals surface area contributed by atoms with E-state index in [9.17, 15) is 33.8 Å². The normalized spacial score (nSPS) is 25.3. The summed E-state index contributed by atoms with van der Waals surface area (Å²) in [6.45, 7) is 2.81. The molecule has 1 saturated heterocycles. The lowest BCUT2D eigenvalue weighted by Crippen LogP contribution is -2.57. The molecule has 12 nitrogen and oxygen atoms in total. The zero-order chi connectivity index (χ0) is 29.7. The maximum Gasteiger partial charge on any atom is 0.311 e. The molecule has 1 saturated carbocycles. The Hall–Kier alpha value is -3.84. The second-order valence-electron chi connectivity index (χ2n) is 11.6. The summed E-state index contributed by atoms with van der Waals surface area (Å²) in [7, 11) is 2.91. The van der Waals surface area contributed by atoms with Crippen LogP contribution in [0.5, 0.6) is 5.75 Å². The Morgan fingerprint density at radius 2 is 1.90 bits per heavy atom. The number of carbonyl (C=O) groups excluding carboxylic acids is 3. The molecular formula is C28H35FN6O6. The van der Waals surface area contributed by atoms with Gasteiger partial charge in [-0.2, -0.15) is 0 Å². The third kappa shape index (κ3) is 5.08. The van der Waals surface area contributed by atoms with Crippen molar-refractivity contribution in [3.63, 3.8) is 0 Å². The number of likely N-dealkylation sites (N-methyl/N-ethyl adjacent to an activating group) is 1. The summed E-state index contributed by atoms with van der Waals surface area (Å²) in [6.07, 6.45) is 1.84. The van der Waals surface area contributed by atoms with Crippen molar-refractivity contribution in [1.82, 2.24) is 30.0 Å². The fourth-order valence-corrected chi connectivity index (χ4v) is 6.36. The molecule has 13 heteroatoms. The number of likely N-dealkylation sites (tertiary alicyclic amines) is 1. The number of benzene rings is 1. The molecule has 3 aliphatic heterocycles. The van der Waals surface area contributed by atoms with Crippen molar-refractivity contribution in [3.05, 3.63) is 57.0 Å². The van der Waals surface area contributed by atoms with Gasteiger partial charge in [0.2, 0.25) is 5.75 Å². The summed E-state index contributed by atoms with van der Waals surface area (Å²) in [5.74, 6) is -3.57. The Morgan fingerprint density at radius 3 is 2.51 bits per heavy atom. The maximum atomic E-state index is 13.7. The van der Waals surface area contributed by atoms with E-state index in [-0.39, 0.29) is 24.7 Å². The third-order valence-electron chi connectivity index (χ3n) is 8.74. The van der Waals surface area contributed by atoms with E-state index >= 15 is 0 Å². The van der Waals surface area contributed by atoms with Gasteiger partial charge in [-0.1, -0.05) is 12.1 Å². The Morgan fingerprint density at radius 1 is 1.20 bits per heavy atom. The van der Waals surface area contributed by atoms with Gasteiger partial charge in [-0.05, 0) is 56.2 Å². The maximum absolute atomic E-state index is 13.7. The van der Waals surface area contributed by atoms with Crippen LogP contribution in [0.2, 0.25) is 0 Å². The lowest BCUT2D eigenvalue weighted by molar-refractivity contribution is -0.145. The summed E-state index contributed by atoms with van der Waals surface area (Å²) in [5, 5.41) is 26.6. The van der Waals surface area contributed by atoms with Crippen molar-refractivity contribution in [1.29, 1.82) is 0 Å². The molecule has 1 atom stereocenters. The minimum atomic E-state index is -1.24. The average Bonchev–Trinajstić information content (AvgIpc) is 3.28. The number of carbonyl (C=O) groups is 3. The zero-order valence-electron chi connectivity index (χ0n) is 23.4. The van der Waals surface area contributed by atoms with Gasteiger partial charge in [0, 0.05) is 45.8 Å². The number of nitrogens with one attached hydrogen (secondary N) is 2. The minimum Gasteiger partial charge on any atom is -0.501 e. The first-order chi connectivity index (χ1) is 19.4. The highest BCUT2D eigenvalue weighted by Gasteiger charge is 2.54. The summed E-state index contributed by atoms with van der Waals surface area (Å²) >= 11 is 0. The summed E-state index contributed by atoms with van der Waals surface area (Å²) in [6, 6.07) is 4.38. The van der Waals surface area contributed by atoms with Crippen LogP contribution in [0.4, 0.5) is 4.39 Å².